The van der Waals surface area contributed by atoms with Gasteiger partial charge in [0, 0.05) is 24.7 Å². The molecule has 1 amide bonds. The van der Waals surface area contributed by atoms with Gasteiger partial charge in [-0.1, -0.05) is 74.0 Å². The van der Waals surface area contributed by atoms with Crippen molar-refractivity contribution in [1.82, 2.24) is 5.32 Å². The summed E-state index contributed by atoms with van der Waals surface area (Å²) in [6.45, 7) is 6.79. The fraction of sp³-hybridized carbons (Fsp3) is 0.267. The highest BCUT2D eigenvalue weighted by Crippen LogP contribution is 2.33. The lowest BCUT2D eigenvalue weighted by atomic mass is 9.98. The van der Waals surface area contributed by atoms with E-state index in [1.165, 1.54) is 0 Å². The summed E-state index contributed by atoms with van der Waals surface area (Å²) in [7, 11) is 0. The molecule has 1 N–H and O–H groups in total. The van der Waals surface area contributed by atoms with Gasteiger partial charge in [-0.15, -0.1) is 0 Å². The van der Waals surface area contributed by atoms with E-state index in [0.717, 1.165) is 46.5 Å². The van der Waals surface area contributed by atoms with Gasteiger partial charge in [0.2, 0.25) is 5.91 Å². The number of rotatable bonds is 8. The quantitative estimate of drug-likeness (QED) is 0.316. The van der Waals surface area contributed by atoms with Crippen molar-refractivity contribution in [3.05, 3.63) is 95.6 Å². The molecule has 0 fully saturated rings. The molecule has 4 rings (SSSR count). The van der Waals surface area contributed by atoms with Gasteiger partial charge in [0.1, 0.15) is 0 Å². The molecule has 0 radical (unpaired) electrons. The Morgan fingerprint density at radius 3 is 2.34 bits per heavy atom. The number of nitrogens with zero attached hydrogens (tertiary/aromatic N) is 1. The van der Waals surface area contributed by atoms with Crippen molar-refractivity contribution in [2.24, 2.45) is 0 Å². The molecular formula is C30H32N2O3. The zero-order valence-electron chi connectivity index (χ0n) is 20.6. The van der Waals surface area contributed by atoms with Crippen molar-refractivity contribution in [3.63, 3.8) is 0 Å². The van der Waals surface area contributed by atoms with Crippen LogP contribution in [-0.4, -0.2) is 24.5 Å². The number of benzene rings is 3. The van der Waals surface area contributed by atoms with Gasteiger partial charge in [-0.2, -0.15) is 0 Å². The first-order chi connectivity index (χ1) is 17.0. The summed E-state index contributed by atoms with van der Waals surface area (Å²) in [6.07, 6.45) is 3.95. The number of amides is 1. The van der Waals surface area contributed by atoms with Crippen molar-refractivity contribution < 1.29 is 14.3 Å². The average Bonchev–Trinajstić information content (AvgIpc) is 2.87. The molecular weight excluding hydrogens is 436 g/mol. The topological polar surface area (TPSA) is 58.6 Å². The minimum Gasteiger partial charge on any atom is -0.462 e. The van der Waals surface area contributed by atoms with Gasteiger partial charge >= 0.3 is 5.97 Å². The molecule has 1 unspecified atom stereocenters. The molecule has 1 aliphatic heterocycles. The molecule has 180 valence electrons. The second kappa shape index (κ2) is 11.0. The SMILES string of the molecule is CCCCOC(=O)c1ccccc1-c1ccc(CNC2=CC(C)N(C(C)=O)c3ccccc32)cc1. The summed E-state index contributed by atoms with van der Waals surface area (Å²) in [5.74, 6) is -0.248. The molecule has 35 heavy (non-hydrogen) atoms. The Kier molecular flexibility index (Phi) is 7.66. The normalized spacial score (nSPS) is 14.7. The number of carbonyl (C=O) groups is 2. The van der Waals surface area contributed by atoms with E-state index in [4.69, 9.17) is 4.74 Å². The number of nitrogens with one attached hydrogen (secondary N) is 1. The van der Waals surface area contributed by atoms with E-state index in [0.29, 0.717) is 18.7 Å². The first kappa shape index (κ1) is 24.3. The van der Waals surface area contributed by atoms with Crippen molar-refractivity contribution >= 4 is 23.3 Å². The molecule has 0 bridgehead atoms. The Hall–Kier alpha value is -3.86. The van der Waals surface area contributed by atoms with Crippen LogP contribution in [0, 0.1) is 0 Å². The first-order valence-electron chi connectivity index (χ1n) is 12.2. The molecule has 0 saturated carbocycles. The van der Waals surface area contributed by atoms with E-state index in [-0.39, 0.29) is 17.9 Å². The third kappa shape index (κ3) is 5.46. The largest absolute Gasteiger partial charge is 0.462 e. The molecule has 0 spiro atoms. The maximum Gasteiger partial charge on any atom is 0.338 e. The highest BCUT2D eigenvalue weighted by atomic mass is 16.5. The number of carbonyl (C=O) groups excluding carboxylic acids is 2. The van der Waals surface area contributed by atoms with Crippen LogP contribution in [0.5, 0.6) is 0 Å². The van der Waals surface area contributed by atoms with Gasteiger partial charge in [0.25, 0.3) is 0 Å². The number of esters is 1. The lowest BCUT2D eigenvalue weighted by molar-refractivity contribution is -0.116. The van der Waals surface area contributed by atoms with Crippen molar-refractivity contribution in [2.45, 2.75) is 46.2 Å². The molecule has 5 heteroatoms. The monoisotopic (exact) mass is 468 g/mol. The van der Waals surface area contributed by atoms with Crippen LogP contribution in [0.3, 0.4) is 0 Å². The molecule has 0 aromatic heterocycles. The molecule has 1 atom stereocenters. The Morgan fingerprint density at radius 2 is 1.63 bits per heavy atom. The van der Waals surface area contributed by atoms with Gasteiger partial charge in [-0.25, -0.2) is 4.79 Å². The molecule has 1 aliphatic rings. The molecule has 3 aromatic carbocycles. The van der Waals surface area contributed by atoms with Crippen LogP contribution >= 0.6 is 0 Å². The maximum atomic E-state index is 12.6. The third-order valence-corrected chi connectivity index (χ3v) is 6.23. The number of anilines is 1. The van der Waals surface area contributed by atoms with Gasteiger partial charge in [-0.05, 0) is 48.2 Å². The van der Waals surface area contributed by atoms with Gasteiger partial charge in [0.05, 0.1) is 23.9 Å². The van der Waals surface area contributed by atoms with Gasteiger partial charge in [-0.3, -0.25) is 4.79 Å². The number of hydrogen-bond donors (Lipinski definition) is 1. The molecule has 0 saturated heterocycles. The number of para-hydroxylation sites is 1. The summed E-state index contributed by atoms with van der Waals surface area (Å²) in [5, 5.41) is 3.55. The van der Waals surface area contributed by atoms with Crippen molar-refractivity contribution in [3.8, 4) is 11.1 Å². The number of fused-ring (bicyclic) bond motifs is 1. The second-order valence-electron chi connectivity index (χ2n) is 8.81. The van der Waals surface area contributed by atoms with Crippen LogP contribution in [0.1, 0.15) is 55.1 Å². The number of unbranched alkanes of at least 4 members (excludes halogenated alkanes) is 1. The van der Waals surface area contributed by atoms with Crippen LogP contribution in [0.4, 0.5) is 5.69 Å². The van der Waals surface area contributed by atoms with Crippen LogP contribution in [0.2, 0.25) is 0 Å². The summed E-state index contributed by atoms with van der Waals surface area (Å²) >= 11 is 0. The Labute approximate surface area is 207 Å². The van der Waals surface area contributed by atoms with Crippen LogP contribution < -0.4 is 10.2 Å². The lowest BCUT2D eigenvalue weighted by Crippen LogP contribution is -2.39. The van der Waals surface area contributed by atoms with Crippen LogP contribution in [0.15, 0.2) is 78.9 Å². The summed E-state index contributed by atoms with van der Waals surface area (Å²) in [6, 6.07) is 23.7. The maximum absolute atomic E-state index is 12.6. The van der Waals surface area contributed by atoms with E-state index in [1.807, 2.05) is 72.5 Å². The van der Waals surface area contributed by atoms with E-state index in [1.54, 1.807) is 6.92 Å². The lowest BCUT2D eigenvalue weighted by Gasteiger charge is -2.33. The van der Waals surface area contributed by atoms with E-state index >= 15 is 0 Å². The average molecular weight is 469 g/mol. The fourth-order valence-corrected chi connectivity index (χ4v) is 4.45. The Bertz CT molecular complexity index is 1230. The zero-order chi connectivity index (χ0) is 24.8. The van der Waals surface area contributed by atoms with Crippen LogP contribution in [-0.2, 0) is 16.1 Å². The van der Waals surface area contributed by atoms with E-state index in [9.17, 15) is 9.59 Å². The summed E-state index contributed by atoms with van der Waals surface area (Å²) in [4.78, 5) is 26.6. The standard InChI is InChI=1S/C30H32N2O3/c1-4-5-18-35-30(34)26-11-7-6-10-25(26)24-16-14-23(15-17-24)20-31-28-19-21(2)32(22(3)33)29-13-9-8-12-27(28)29/h6-17,19,21,31H,4-5,18,20H2,1-3H3. The van der Waals surface area contributed by atoms with Crippen molar-refractivity contribution in [1.29, 1.82) is 0 Å². The number of ether oxygens (including phenoxy) is 1. The fourth-order valence-electron chi connectivity index (χ4n) is 4.45. The van der Waals surface area contributed by atoms with E-state index in [2.05, 4.69) is 30.4 Å². The molecule has 0 aliphatic carbocycles. The Morgan fingerprint density at radius 1 is 0.943 bits per heavy atom. The van der Waals surface area contributed by atoms with Crippen LogP contribution in [0.25, 0.3) is 16.8 Å². The molecule has 5 nitrogen and oxygen atoms in total. The highest BCUT2D eigenvalue weighted by molar-refractivity contribution is 5.98. The molecule has 1 heterocycles. The zero-order valence-corrected chi connectivity index (χ0v) is 20.6. The minimum absolute atomic E-state index is 0.0270. The third-order valence-electron chi connectivity index (χ3n) is 6.23. The molecule has 3 aromatic rings. The summed E-state index contributed by atoms with van der Waals surface area (Å²) in [5.41, 5.74) is 6.53. The van der Waals surface area contributed by atoms with Gasteiger partial charge in [0.15, 0.2) is 0 Å². The predicted octanol–water partition coefficient (Wildman–Crippen LogP) is 6.20. The Balaban J connectivity index is 1.48. The summed E-state index contributed by atoms with van der Waals surface area (Å²) < 4.78 is 5.44. The predicted molar refractivity (Wildman–Crippen MR) is 141 cm³/mol. The first-order valence-corrected chi connectivity index (χ1v) is 12.2. The van der Waals surface area contributed by atoms with Gasteiger partial charge < -0.3 is 15.0 Å². The highest BCUT2D eigenvalue weighted by Gasteiger charge is 2.26. The smallest absolute Gasteiger partial charge is 0.338 e. The number of hydrogen-bond acceptors (Lipinski definition) is 4. The minimum atomic E-state index is -0.281. The van der Waals surface area contributed by atoms with E-state index < -0.39 is 0 Å². The van der Waals surface area contributed by atoms with Crippen molar-refractivity contribution in [2.75, 3.05) is 11.5 Å². The second-order valence-corrected chi connectivity index (χ2v) is 8.81.